The van der Waals surface area contributed by atoms with Crippen LogP contribution >= 0.6 is 0 Å². The Hall–Kier alpha value is -1.01. The van der Waals surface area contributed by atoms with Crippen molar-refractivity contribution in [2.75, 3.05) is 13.2 Å². The summed E-state index contributed by atoms with van der Waals surface area (Å²) in [5, 5.41) is 10.3. The van der Waals surface area contributed by atoms with E-state index in [-0.39, 0.29) is 5.78 Å². The predicted molar refractivity (Wildman–Crippen MR) is 63.9 cm³/mol. The molecule has 0 unspecified atom stereocenters. The van der Waals surface area contributed by atoms with E-state index in [2.05, 4.69) is 0 Å². The van der Waals surface area contributed by atoms with Gasteiger partial charge in [0.05, 0.1) is 0 Å². The van der Waals surface area contributed by atoms with Crippen molar-refractivity contribution in [2.24, 2.45) is 0 Å². The lowest BCUT2D eigenvalue weighted by Crippen LogP contribution is -2.36. The Bertz CT molecular complexity index is 370. The minimum absolute atomic E-state index is 0.0933. The molecular weight excluding hydrogens is 236 g/mol. The number of aliphatic hydroxyl groups is 1. The summed E-state index contributed by atoms with van der Waals surface area (Å²) in [6, 6.07) is 0. The summed E-state index contributed by atoms with van der Waals surface area (Å²) in [6.45, 7) is 4.77. The van der Waals surface area contributed by atoms with Gasteiger partial charge in [0.2, 0.25) is 0 Å². The minimum Gasteiger partial charge on any atom is -0.379 e. The number of epoxide rings is 1. The van der Waals surface area contributed by atoms with E-state index >= 15 is 0 Å². The molecule has 18 heavy (non-hydrogen) atoms. The lowest BCUT2D eigenvalue weighted by Gasteiger charge is -2.21. The molecule has 3 atom stereocenters. The van der Waals surface area contributed by atoms with E-state index in [1.54, 1.807) is 12.2 Å². The fraction of sp³-hybridized carbons (Fsp3) is 0.615. The smallest absolute Gasteiger partial charge is 0.187 e. The second-order valence-electron chi connectivity index (χ2n) is 4.24. The zero-order valence-corrected chi connectivity index (χ0v) is 10.5. The Morgan fingerprint density at radius 3 is 2.78 bits per heavy atom. The van der Waals surface area contributed by atoms with Gasteiger partial charge in [-0.3, -0.25) is 4.79 Å². The van der Waals surface area contributed by atoms with Gasteiger partial charge in [-0.25, -0.2) is 0 Å². The maximum Gasteiger partial charge on any atom is 0.187 e. The Kier molecular flexibility index (Phi) is 3.97. The zero-order chi connectivity index (χ0) is 13.2. The van der Waals surface area contributed by atoms with Crippen LogP contribution in [-0.2, 0) is 19.0 Å². The van der Waals surface area contributed by atoms with Gasteiger partial charge in [-0.1, -0.05) is 0 Å². The van der Waals surface area contributed by atoms with Crippen LogP contribution in [0.1, 0.15) is 13.8 Å². The van der Waals surface area contributed by atoms with Crippen LogP contribution in [0.5, 0.6) is 0 Å². The van der Waals surface area contributed by atoms with Gasteiger partial charge in [0, 0.05) is 13.2 Å². The Morgan fingerprint density at radius 1 is 1.50 bits per heavy atom. The molecule has 0 aromatic carbocycles. The fourth-order valence-corrected chi connectivity index (χ4v) is 1.96. The molecule has 0 spiro atoms. The third-order valence-electron chi connectivity index (χ3n) is 2.92. The molecule has 0 bridgehead atoms. The molecule has 1 aliphatic heterocycles. The maximum atomic E-state index is 11.3. The number of carbonyl (C=O) groups is 1. The van der Waals surface area contributed by atoms with Crippen LogP contribution < -0.4 is 0 Å². The number of hydrogen-bond acceptors (Lipinski definition) is 5. The van der Waals surface area contributed by atoms with Crippen LogP contribution in [0, 0.1) is 0 Å². The minimum atomic E-state index is -1.25. The van der Waals surface area contributed by atoms with E-state index in [0.29, 0.717) is 13.2 Å². The Labute approximate surface area is 106 Å². The summed E-state index contributed by atoms with van der Waals surface area (Å²) < 4.78 is 15.8. The van der Waals surface area contributed by atoms with Crippen molar-refractivity contribution in [2.45, 2.75) is 37.9 Å². The molecule has 0 aromatic rings. The lowest BCUT2D eigenvalue weighted by atomic mass is 9.90. The van der Waals surface area contributed by atoms with Crippen LogP contribution in [0.3, 0.4) is 0 Å². The van der Waals surface area contributed by atoms with Crippen molar-refractivity contribution in [3.8, 4) is 0 Å². The van der Waals surface area contributed by atoms with Gasteiger partial charge in [0.25, 0.3) is 0 Å². The summed E-state index contributed by atoms with van der Waals surface area (Å²) in [7, 11) is 0. The molecule has 1 heterocycles. The number of carbonyl (C=O) groups excluding carboxylic acids is 1. The molecule has 1 N–H and O–H groups in total. The van der Waals surface area contributed by atoms with Crippen LogP contribution in [0.4, 0.5) is 0 Å². The number of rotatable bonds is 6. The predicted octanol–water partition coefficient (Wildman–Crippen LogP) is 0.579. The van der Waals surface area contributed by atoms with E-state index in [4.69, 9.17) is 14.2 Å². The van der Waals surface area contributed by atoms with Crippen LogP contribution in [0.25, 0.3) is 0 Å². The van der Waals surface area contributed by atoms with Crippen LogP contribution in [0.2, 0.25) is 0 Å². The van der Waals surface area contributed by atoms with Gasteiger partial charge < -0.3 is 19.3 Å². The van der Waals surface area contributed by atoms with Gasteiger partial charge in [0.15, 0.2) is 12.1 Å². The quantitative estimate of drug-likeness (QED) is 0.426. The van der Waals surface area contributed by atoms with Crippen LogP contribution in [-0.4, -0.2) is 48.2 Å². The largest absolute Gasteiger partial charge is 0.379 e. The molecule has 0 aromatic heterocycles. The standard InChI is InChI=1S/C13H18O5/c1-3-16-10(17-4-2)6-8-13(15)7-5-9(14)11-12(13)18-11/h5-8,10-12,15H,3-4H2,1-2H3/b8-6+/t11-,12-,13+/m1/s1. The van der Waals surface area contributed by atoms with E-state index < -0.39 is 24.1 Å². The van der Waals surface area contributed by atoms with Crippen LogP contribution in [0.15, 0.2) is 24.3 Å². The molecule has 1 saturated heterocycles. The summed E-state index contributed by atoms with van der Waals surface area (Å²) in [5.74, 6) is -0.0933. The summed E-state index contributed by atoms with van der Waals surface area (Å²) in [4.78, 5) is 11.3. The molecule has 2 aliphatic rings. The second-order valence-corrected chi connectivity index (χ2v) is 4.24. The summed E-state index contributed by atoms with van der Waals surface area (Å²) in [6.07, 6.45) is 4.55. The fourth-order valence-electron chi connectivity index (χ4n) is 1.96. The van der Waals surface area contributed by atoms with Gasteiger partial charge in [-0.15, -0.1) is 0 Å². The van der Waals surface area contributed by atoms with Gasteiger partial charge in [-0.05, 0) is 38.2 Å². The monoisotopic (exact) mass is 254 g/mol. The van der Waals surface area contributed by atoms with E-state index in [9.17, 15) is 9.90 Å². The molecule has 0 radical (unpaired) electrons. The average Bonchev–Trinajstić information content (AvgIpc) is 3.14. The van der Waals surface area contributed by atoms with Gasteiger partial charge in [-0.2, -0.15) is 0 Å². The normalized spacial score (nSPS) is 34.3. The van der Waals surface area contributed by atoms with Crippen molar-refractivity contribution >= 4 is 5.78 Å². The van der Waals surface area contributed by atoms with Gasteiger partial charge >= 0.3 is 0 Å². The first kappa shape index (κ1) is 13.4. The second kappa shape index (κ2) is 5.32. The molecule has 1 aliphatic carbocycles. The Morgan fingerprint density at radius 2 is 2.17 bits per heavy atom. The SMILES string of the molecule is CCOC(/C=C/[C@@]1(O)C=CC(=O)[C@H]2O[C@H]21)OCC. The summed E-state index contributed by atoms with van der Waals surface area (Å²) >= 11 is 0. The first-order valence-electron chi connectivity index (χ1n) is 6.14. The van der Waals surface area contributed by atoms with E-state index in [1.807, 2.05) is 13.8 Å². The average molecular weight is 254 g/mol. The number of ketones is 1. The number of ether oxygens (including phenoxy) is 3. The highest BCUT2D eigenvalue weighted by Crippen LogP contribution is 2.38. The molecule has 0 saturated carbocycles. The summed E-state index contributed by atoms with van der Waals surface area (Å²) in [5.41, 5.74) is -1.25. The number of fused-ring (bicyclic) bond motifs is 1. The maximum absolute atomic E-state index is 11.3. The Balaban J connectivity index is 2.03. The van der Waals surface area contributed by atoms with Crippen molar-refractivity contribution in [3.05, 3.63) is 24.3 Å². The topological polar surface area (TPSA) is 68.3 Å². The first-order valence-corrected chi connectivity index (χ1v) is 6.14. The molecular formula is C13H18O5. The molecule has 2 rings (SSSR count). The lowest BCUT2D eigenvalue weighted by molar-refractivity contribution is -0.116. The van der Waals surface area contributed by atoms with Crippen molar-refractivity contribution < 1.29 is 24.1 Å². The highest BCUT2D eigenvalue weighted by molar-refractivity contribution is 5.97. The molecule has 100 valence electrons. The highest BCUT2D eigenvalue weighted by Gasteiger charge is 2.57. The molecule has 5 heteroatoms. The van der Waals surface area contributed by atoms with E-state index in [1.165, 1.54) is 12.2 Å². The number of hydrogen-bond donors (Lipinski definition) is 1. The molecule has 1 fully saturated rings. The highest BCUT2D eigenvalue weighted by atomic mass is 16.7. The molecule has 5 nitrogen and oxygen atoms in total. The third-order valence-corrected chi connectivity index (χ3v) is 2.92. The van der Waals surface area contributed by atoms with Gasteiger partial charge in [0.1, 0.15) is 17.8 Å². The first-order chi connectivity index (χ1) is 8.60. The zero-order valence-electron chi connectivity index (χ0n) is 10.5. The van der Waals surface area contributed by atoms with E-state index in [0.717, 1.165) is 0 Å². The molecule has 0 amide bonds. The van der Waals surface area contributed by atoms with Crippen molar-refractivity contribution in [1.29, 1.82) is 0 Å². The van der Waals surface area contributed by atoms with Crippen molar-refractivity contribution in [3.63, 3.8) is 0 Å². The van der Waals surface area contributed by atoms with Crippen molar-refractivity contribution in [1.82, 2.24) is 0 Å². The third kappa shape index (κ3) is 2.70.